The molecule has 1 aliphatic rings. The lowest BCUT2D eigenvalue weighted by atomic mass is 9.92. The van der Waals surface area contributed by atoms with Gasteiger partial charge in [-0.25, -0.2) is 0 Å². The van der Waals surface area contributed by atoms with Crippen LogP contribution in [-0.2, 0) is 9.53 Å². The van der Waals surface area contributed by atoms with Crippen molar-refractivity contribution in [1.82, 2.24) is 4.90 Å². The summed E-state index contributed by atoms with van der Waals surface area (Å²) >= 11 is 0. The molecule has 0 aromatic rings. The predicted octanol–water partition coefficient (Wildman–Crippen LogP) is 1.21. The summed E-state index contributed by atoms with van der Waals surface area (Å²) in [5.74, 6) is -0.734. The van der Waals surface area contributed by atoms with E-state index in [4.69, 9.17) is 9.84 Å². The molecule has 0 aromatic heterocycles. The molecule has 1 aliphatic heterocycles. The van der Waals surface area contributed by atoms with Gasteiger partial charge in [0, 0.05) is 19.6 Å². The van der Waals surface area contributed by atoms with Crippen LogP contribution in [0.5, 0.6) is 0 Å². The third-order valence-electron chi connectivity index (χ3n) is 2.88. The van der Waals surface area contributed by atoms with Crippen LogP contribution in [0.2, 0.25) is 0 Å². The van der Waals surface area contributed by atoms with Crippen molar-refractivity contribution in [3.8, 4) is 0 Å². The van der Waals surface area contributed by atoms with Crippen molar-refractivity contribution >= 4 is 5.97 Å². The number of carbonyl (C=O) groups is 1. The van der Waals surface area contributed by atoms with Gasteiger partial charge in [-0.05, 0) is 20.3 Å². The van der Waals surface area contributed by atoms with Crippen LogP contribution in [0.4, 0.5) is 0 Å². The fraction of sp³-hybridized carbons (Fsp3) is 0.909. The molecule has 1 heterocycles. The van der Waals surface area contributed by atoms with Crippen molar-refractivity contribution in [3.63, 3.8) is 0 Å². The SMILES string of the molecule is CCC1CN(CC(C)(C)C(=O)O)CCO1. The van der Waals surface area contributed by atoms with Crippen molar-refractivity contribution in [3.05, 3.63) is 0 Å². The van der Waals surface area contributed by atoms with Crippen LogP contribution in [0.1, 0.15) is 27.2 Å². The molecule has 0 aliphatic carbocycles. The van der Waals surface area contributed by atoms with Crippen LogP contribution in [0.3, 0.4) is 0 Å². The van der Waals surface area contributed by atoms with E-state index in [1.807, 2.05) is 0 Å². The van der Waals surface area contributed by atoms with Gasteiger partial charge >= 0.3 is 5.97 Å². The van der Waals surface area contributed by atoms with E-state index in [9.17, 15) is 4.79 Å². The summed E-state index contributed by atoms with van der Waals surface area (Å²) in [6.45, 7) is 8.64. The second-order valence-corrected chi connectivity index (χ2v) is 4.83. The van der Waals surface area contributed by atoms with Gasteiger partial charge in [-0.2, -0.15) is 0 Å². The number of nitrogens with zero attached hydrogens (tertiary/aromatic N) is 1. The van der Waals surface area contributed by atoms with Gasteiger partial charge in [-0.3, -0.25) is 9.69 Å². The number of hydrogen-bond donors (Lipinski definition) is 1. The molecule has 1 unspecified atom stereocenters. The summed E-state index contributed by atoms with van der Waals surface area (Å²) in [6, 6.07) is 0. The van der Waals surface area contributed by atoms with Crippen LogP contribution in [-0.4, -0.2) is 48.3 Å². The molecule has 1 rings (SSSR count). The highest BCUT2D eigenvalue weighted by Crippen LogP contribution is 2.19. The van der Waals surface area contributed by atoms with E-state index in [2.05, 4.69) is 11.8 Å². The van der Waals surface area contributed by atoms with E-state index in [0.29, 0.717) is 13.2 Å². The van der Waals surface area contributed by atoms with Gasteiger partial charge in [0.1, 0.15) is 0 Å². The van der Waals surface area contributed by atoms with Crippen molar-refractivity contribution in [2.75, 3.05) is 26.2 Å². The average molecular weight is 215 g/mol. The zero-order valence-corrected chi connectivity index (χ0v) is 9.82. The number of aliphatic carboxylic acids is 1. The quantitative estimate of drug-likeness (QED) is 0.765. The molecule has 1 N–H and O–H groups in total. The first kappa shape index (κ1) is 12.5. The number of carboxylic acid groups (broad SMARTS) is 1. The third kappa shape index (κ3) is 3.47. The molecule has 0 aromatic carbocycles. The Morgan fingerprint density at radius 2 is 2.27 bits per heavy atom. The maximum Gasteiger partial charge on any atom is 0.310 e. The Balaban J connectivity index is 2.47. The van der Waals surface area contributed by atoms with E-state index < -0.39 is 11.4 Å². The first-order chi connectivity index (χ1) is 6.95. The first-order valence-electron chi connectivity index (χ1n) is 5.53. The molecule has 4 nitrogen and oxygen atoms in total. The average Bonchev–Trinajstić information content (AvgIpc) is 2.17. The van der Waals surface area contributed by atoms with Crippen molar-refractivity contribution in [2.45, 2.75) is 33.3 Å². The monoisotopic (exact) mass is 215 g/mol. The molecule has 1 fully saturated rings. The highest BCUT2D eigenvalue weighted by Gasteiger charge is 2.31. The Morgan fingerprint density at radius 3 is 2.80 bits per heavy atom. The maximum atomic E-state index is 11.0. The minimum Gasteiger partial charge on any atom is -0.481 e. The molecule has 0 radical (unpaired) electrons. The molecular formula is C11H21NO3. The van der Waals surface area contributed by atoms with Crippen LogP contribution in [0.25, 0.3) is 0 Å². The normalized spacial score (nSPS) is 24.1. The molecule has 0 saturated carbocycles. The molecule has 0 spiro atoms. The van der Waals surface area contributed by atoms with E-state index in [1.54, 1.807) is 13.8 Å². The van der Waals surface area contributed by atoms with Gasteiger partial charge in [-0.1, -0.05) is 6.92 Å². The molecule has 15 heavy (non-hydrogen) atoms. The van der Waals surface area contributed by atoms with E-state index >= 15 is 0 Å². The molecule has 1 saturated heterocycles. The lowest BCUT2D eigenvalue weighted by Gasteiger charge is -2.36. The molecule has 4 heteroatoms. The highest BCUT2D eigenvalue weighted by atomic mass is 16.5. The number of rotatable bonds is 4. The van der Waals surface area contributed by atoms with Gasteiger partial charge in [0.2, 0.25) is 0 Å². The van der Waals surface area contributed by atoms with E-state index in [-0.39, 0.29) is 6.10 Å². The Hall–Kier alpha value is -0.610. The number of ether oxygens (including phenoxy) is 1. The van der Waals surface area contributed by atoms with Crippen molar-refractivity contribution in [2.24, 2.45) is 5.41 Å². The summed E-state index contributed by atoms with van der Waals surface area (Å²) in [5.41, 5.74) is -0.671. The lowest BCUT2D eigenvalue weighted by molar-refractivity contribution is -0.149. The van der Waals surface area contributed by atoms with Crippen LogP contribution >= 0.6 is 0 Å². The standard InChI is InChI=1S/C11H21NO3/c1-4-9-7-12(5-6-15-9)8-11(2,3)10(13)14/h9H,4-8H2,1-3H3,(H,13,14). The molecule has 0 amide bonds. The molecule has 0 bridgehead atoms. The van der Waals surface area contributed by atoms with E-state index in [1.165, 1.54) is 0 Å². The smallest absolute Gasteiger partial charge is 0.310 e. The third-order valence-corrected chi connectivity index (χ3v) is 2.88. The number of hydrogen-bond acceptors (Lipinski definition) is 3. The Bertz CT molecular complexity index is 228. The van der Waals surface area contributed by atoms with Gasteiger partial charge in [0.15, 0.2) is 0 Å². The van der Waals surface area contributed by atoms with Gasteiger partial charge in [-0.15, -0.1) is 0 Å². The van der Waals surface area contributed by atoms with Crippen LogP contribution in [0.15, 0.2) is 0 Å². The predicted molar refractivity (Wildman–Crippen MR) is 57.9 cm³/mol. The summed E-state index contributed by atoms with van der Waals surface area (Å²) < 4.78 is 5.54. The second-order valence-electron chi connectivity index (χ2n) is 4.83. The summed E-state index contributed by atoms with van der Waals surface area (Å²) in [4.78, 5) is 13.2. The highest BCUT2D eigenvalue weighted by molar-refractivity contribution is 5.73. The minimum absolute atomic E-state index is 0.267. The fourth-order valence-electron chi connectivity index (χ4n) is 1.80. The topological polar surface area (TPSA) is 49.8 Å². The zero-order valence-electron chi connectivity index (χ0n) is 9.82. The Morgan fingerprint density at radius 1 is 1.60 bits per heavy atom. The second kappa shape index (κ2) is 4.94. The Kier molecular flexibility index (Phi) is 4.11. The van der Waals surface area contributed by atoms with Gasteiger partial charge in [0.25, 0.3) is 0 Å². The number of morpholine rings is 1. The fourth-order valence-corrected chi connectivity index (χ4v) is 1.80. The summed E-state index contributed by atoms with van der Waals surface area (Å²) in [7, 11) is 0. The van der Waals surface area contributed by atoms with Gasteiger partial charge < -0.3 is 9.84 Å². The maximum absolute atomic E-state index is 11.0. The van der Waals surface area contributed by atoms with Crippen molar-refractivity contribution in [1.29, 1.82) is 0 Å². The molecule has 88 valence electrons. The summed E-state index contributed by atoms with van der Waals surface area (Å²) in [5, 5.41) is 9.04. The molecular weight excluding hydrogens is 194 g/mol. The van der Waals surface area contributed by atoms with Crippen molar-refractivity contribution < 1.29 is 14.6 Å². The molecule has 1 atom stereocenters. The lowest BCUT2D eigenvalue weighted by Crippen LogP contribution is -2.47. The van der Waals surface area contributed by atoms with Crippen LogP contribution in [0, 0.1) is 5.41 Å². The van der Waals surface area contributed by atoms with Crippen LogP contribution < -0.4 is 0 Å². The minimum atomic E-state index is -0.734. The zero-order chi connectivity index (χ0) is 11.5. The Labute approximate surface area is 91.2 Å². The summed E-state index contributed by atoms with van der Waals surface area (Å²) in [6.07, 6.45) is 1.26. The van der Waals surface area contributed by atoms with Gasteiger partial charge in [0.05, 0.1) is 18.1 Å². The first-order valence-corrected chi connectivity index (χ1v) is 5.53. The van der Waals surface area contributed by atoms with E-state index in [0.717, 1.165) is 19.5 Å². The largest absolute Gasteiger partial charge is 0.481 e. The number of carboxylic acids is 1.